The molecule has 4 nitrogen and oxygen atoms in total. The Morgan fingerprint density at radius 2 is 2.24 bits per heavy atom. The topological polar surface area (TPSA) is 47.0 Å². The molecule has 1 N–H and O–H groups in total. The zero-order valence-electron chi connectivity index (χ0n) is 10.2. The largest absolute Gasteiger partial charge is 0.467 e. The second-order valence-electron chi connectivity index (χ2n) is 3.53. The van der Waals surface area contributed by atoms with Crippen LogP contribution >= 0.6 is 23.4 Å². The van der Waals surface area contributed by atoms with Crippen molar-refractivity contribution in [3.05, 3.63) is 11.2 Å². The van der Waals surface area contributed by atoms with Gasteiger partial charge in [0.25, 0.3) is 0 Å². The summed E-state index contributed by atoms with van der Waals surface area (Å²) in [6.07, 6.45) is 7.26. The molecule has 0 saturated carbocycles. The summed E-state index contributed by atoms with van der Waals surface area (Å²) in [7, 11) is 1.54. The van der Waals surface area contributed by atoms with E-state index >= 15 is 0 Å². The highest BCUT2D eigenvalue weighted by atomic mass is 35.5. The van der Waals surface area contributed by atoms with E-state index in [4.69, 9.17) is 16.3 Å². The first-order chi connectivity index (χ1) is 8.27. The molecule has 96 valence electrons. The number of unbranched alkanes of at least 4 members (excludes halogenated alkanes) is 2. The van der Waals surface area contributed by atoms with E-state index in [0.717, 1.165) is 13.0 Å². The number of ether oxygens (including phenoxy) is 1. The van der Waals surface area contributed by atoms with Gasteiger partial charge in [-0.15, -0.1) is 0 Å². The summed E-state index contributed by atoms with van der Waals surface area (Å²) < 4.78 is 4.95. The number of aromatic nitrogens is 2. The second kappa shape index (κ2) is 8.42. The molecule has 0 aliphatic carbocycles. The summed E-state index contributed by atoms with van der Waals surface area (Å²) >= 11 is 7.85. The van der Waals surface area contributed by atoms with Crippen molar-refractivity contribution >= 4 is 29.2 Å². The number of hydrogen-bond acceptors (Lipinski definition) is 5. The summed E-state index contributed by atoms with van der Waals surface area (Å²) in [6.45, 7) is 0.869. The Labute approximate surface area is 112 Å². The van der Waals surface area contributed by atoms with Crippen LogP contribution in [0, 0.1) is 0 Å². The van der Waals surface area contributed by atoms with Gasteiger partial charge < -0.3 is 10.1 Å². The Morgan fingerprint density at radius 1 is 1.41 bits per heavy atom. The first-order valence-corrected chi connectivity index (χ1v) is 7.34. The molecule has 0 spiro atoms. The third-order valence-electron chi connectivity index (χ3n) is 2.22. The van der Waals surface area contributed by atoms with Crippen LogP contribution in [0.5, 0.6) is 6.01 Å². The van der Waals surface area contributed by atoms with Crippen LogP contribution in [0.15, 0.2) is 6.20 Å². The highest BCUT2D eigenvalue weighted by Crippen LogP contribution is 2.20. The smallest absolute Gasteiger partial charge is 0.318 e. The minimum absolute atomic E-state index is 0.333. The number of nitrogens with one attached hydrogen (secondary N) is 1. The molecule has 17 heavy (non-hydrogen) atoms. The first kappa shape index (κ1) is 14.4. The van der Waals surface area contributed by atoms with Gasteiger partial charge >= 0.3 is 6.01 Å². The van der Waals surface area contributed by atoms with E-state index in [0.29, 0.717) is 16.9 Å². The highest BCUT2D eigenvalue weighted by molar-refractivity contribution is 7.98. The molecule has 0 saturated heterocycles. The van der Waals surface area contributed by atoms with Crippen molar-refractivity contribution in [2.45, 2.75) is 19.3 Å². The summed E-state index contributed by atoms with van der Waals surface area (Å²) in [6, 6.07) is 0.333. The molecule has 0 aromatic carbocycles. The maximum absolute atomic E-state index is 5.97. The van der Waals surface area contributed by atoms with E-state index in [2.05, 4.69) is 21.5 Å². The molecule has 0 aliphatic heterocycles. The molecule has 1 heterocycles. The fourth-order valence-corrected chi connectivity index (χ4v) is 1.98. The van der Waals surface area contributed by atoms with Crippen LogP contribution in [0.4, 0.5) is 5.82 Å². The fourth-order valence-electron chi connectivity index (χ4n) is 1.33. The third-order valence-corrected chi connectivity index (χ3v) is 3.20. The monoisotopic (exact) mass is 275 g/mol. The Balaban J connectivity index is 2.30. The van der Waals surface area contributed by atoms with Crippen LogP contribution in [-0.2, 0) is 0 Å². The number of halogens is 1. The number of anilines is 1. The maximum atomic E-state index is 5.97. The molecule has 1 rings (SSSR count). The zero-order valence-corrected chi connectivity index (χ0v) is 11.8. The van der Waals surface area contributed by atoms with Gasteiger partial charge in [-0.2, -0.15) is 16.7 Å². The molecule has 1 aromatic rings. The van der Waals surface area contributed by atoms with Crippen LogP contribution in [0.3, 0.4) is 0 Å². The van der Waals surface area contributed by atoms with Gasteiger partial charge in [0.15, 0.2) is 5.82 Å². The van der Waals surface area contributed by atoms with Crippen molar-refractivity contribution in [3.8, 4) is 6.01 Å². The molecule has 0 aliphatic rings. The Kier molecular flexibility index (Phi) is 7.12. The average Bonchev–Trinajstić information content (AvgIpc) is 2.35. The van der Waals surface area contributed by atoms with Gasteiger partial charge in [0.2, 0.25) is 0 Å². The zero-order chi connectivity index (χ0) is 12.5. The lowest BCUT2D eigenvalue weighted by Crippen LogP contribution is -2.05. The standard InChI is InChI=1S/C11H18ClN3OS/c1-16-11-14-8-9(12)10(15-11)13-6-4-3-5-7-17-2/h8H,3-7H2,1-2H3,(H,13,14,15). The summed E-state index contributed by atoms with van der Waals surface area (Å²) in [5, 5.41) is 3.72. The molecule has 0 amide bonds. The molecule has 0 bridgehead atoms. The number of hydrogen-bond donors (Lipinski definition) is 1. The van der Waals surface area contributed by atoms with Crippen LogP contribution in [0.1, 0.15) is 19.3 Å². The predicted octanol–water partition coefficient (Wildman–Crippen LogP) is 3.08. The van der Waals surface area contributed by atoms with Crippen LogP contribution < -0.4 is 10.1 Å². The molecular weight excluding hydrogens is 258 g/mol. The molecule has 0 radical (unpaired) electrons. The lowest BCUT2D eigenvalue weighted by atomic mass is 10.2. The lowest BCUT2D eigenvalue weighted by Gasteiger charge is -2.07. The summed E-state index contributed by atoms with van der Waals surface area (Å²) in [4.78, 5) is 8.06. The van der Waals surface area contributed by atoms with Crippen LogP contribution in [-0.4, -0.2) is 35.6 Å². The van der Waals surface area contributed by atoms with E-state index in [-0.39, 0.29) is 0 Å². The Bertz CT molecular complexity index is 338. The second-order valence-corrected chi connectivity index (χ2v) is 4.93. The lowest BCUT2D eigenvalue weighted by molar-refractivity contribution is 0.380. The number of methoxy groups -OCH3 is 1. The van der Waals surface area contributed by atoms with Gasteiger partial charge in [-0.25, -0.2) is 4.98 Å². The van der Waals surface area contributed by atoms with E-state index in [9.17, 15) is 0 Å². The molecule has 0 fully saturated rings. The number of rotatable bonds is 8. The van der Waals surface area contributed by atoms with E-state index < -0.39 is 0 Å². The highest BCUT2D eigenvalue weighted by Gasteiger charge is 2.04. The molecule has 6 heteroatoms. The first-order valence-electron chi connectivity index (χ1n) is 5.57. The third kappa shape index (κ3) is 5.46. The van der Waals surface area contributed by atoms with Gasteiger partial charge in [-0.1, -0.05) is 18.0 Å². The predicted molar refractivity (Wildman–Crippen MR) is 74.3 cm³/mol. The van der Waals surface area contributed by atoms with Crippen LogP contribution in [0.25, 0.3) is 0 Å². The average molecular weight is 276 g/mol. The molecule has 0 unspecified atom stereocenters. The molecule has 1 aromatic heterocycles. The van der Waals surface area contributed by atoms with E-state index in [1.54, 1.807) is 6.20 Å². The van der Waals surface area contributed by atoms with Crippen molar-refractivity contribution in [2.75, 3.05) is 31.0 Å². The quantitative estimate of drug-likeness (QED) is 0.739. The van der Waals surface area contributed by atoms with Gasteiger partial charge in [-0.05, 0) is 24.9 Å². The van der Waals surface area contributed by atoms with Crippen molar-refractivity contribution in [1.29, 1.82) is 0 Å². The Hall–Kier alpha value is -0.680. The van der Waals surface area contributed by atoms with Crippen molar-refractivity contribution < 1.29 is 4.74 Å². The summed E-state index contributed by atoms with van der Waals surface area (Å²) in [5.41, 5.74) is 0. The fraction of sp³-hybridized carbons (Fsp3) is 0.636. The van der Waals surface area contributed by atoms with E-state index in [1.807, 2.05) is 11.8 Å². The van der Waals surface area contributed by atoms with Crippen molar-refractivity contribution in [1.82, 2.24) is 9.97 Å². The van der Waals surface area contributed by atoms with E-state index in [1.165, 1.54) is 25.7 Å². The summed E-state index contributed by atoms with van der Waals surface area (Å²) in [5.74, 6) is 1.87. The van der Waals surface area contributed by atoms with Gasteiger partial charge in [-0.3, -0.25) is 0 Å². The van der Waals surface area contributed by atoms with Gasteiger partial charge in [0.1, 0.15) is 5.02 Å². The molecular formula is C11H18ClN3OS. The van der Waals surface area contributed by atoms with Gasteiger partial charge in [0, 0.05) is 6.54 Å². The number of thioether (sulfide) groups is 1. The minimum Gasteiger partial charge on any atom is -0.467 e. The molecule has 0 atom stereocenters. The normalized spacial score (nSPS) is 10.3. The van der Waals surface area contributed by atoms with Crippen molar-refractivity contribution in [2.24, 2.45) is 0 Å². The SMILES string of the molecule is COc1ncc(Cl)c(NCCCCCSC)n1. The Morgan fingerprint density at radius 3 is 2.94 bits per heavy atom. The number of nitrogens with zero attached hydrogens (tertiary/aromatic N) is 2. The van der Waals surface area contributed by atoms with Crippen molar-refractivity contribution in [3.63, 3.8) is 0 Å². The maximum Gasteiger partial charge on any atom is 0.318 e. The van der Waals surface area contributed by atoms with Crippen LogP contribution in [0.2, 0.25) is 5.02 Å². The minimum atomic E-state index is 0.333. The van der Waals surface area contributed by atoms with Gasteiger partial charge in [0.05, 0.1) is 13.3 Å².